The van der Waals surface area contributed by atoms with Gasteiger partial charge in [-0.3, -0.25) is 4.79 Å². The Hall–Kier alpha value is -1.09. The van der Waals surface area contributed by atoms with Crippen LogP contribution in [0.3, 0.4) is 0 Å². The molecule has 12 heavy (non-hydrogen) atoms. The van der Waals surface area contributed by atoms with Crippen LogP contribution in [-0.4, -0.2) is 17.7 Å². The molecule has 0 radical (unpaired) electrons. The second kappa shape index (κ2) is 4.07. The Bertz CT molecular complexity index is 221. The summed E-state index contributed by atoms with van der Waals surface area (Å²) in [4.78, 5) is 11.1. The molecule has 3 heteroatoms. The lowest BCUT2D eigenvalue weighted by atomic mass is 10.1. The minimum atomic E-state index is -0.297. The summed E-state index contributed by atoms with van der Waals surface area (Å²) < 4.78 is 0. The Morgan fingerprint density at radius 1 is 1.92 bits per heavy atom. The maximum atomic E-state index is 11.1. The van der Waals surface area contributed by atoms with Crippen LogP contribution in [0.5, 0.6) is 0 Å². The fourth-order valence-electron chi connectivity index (χ4n) is 1.29. The minimum Gasteiger partial charge on any atom is -0.376 e. The highest BCUT2D eigenvalue weighted by Gasteiger charge is 2.18. The van der Waals surface area contributed by atoms with E-state index >= 15 is 0 Å². The predicted molar refractivity (Wildman–Crippen MR) is 46.2 cm³/mol. The van der Waals surface area contributed by atoms with E-state index in [1.165, 1.54) is 0 Å². The van der Waals surface area contributed by atoms with Crippen molar-refractivity contribution in [2.45, 2.75) is 12.8 Å². The number of aliphatic hydroxyl groups is 1. The van der Waals surface area contributed by atoms with Crippen molar-refractivity contribution in [2.24, 2.45) is 5.92 Å². The van der Waals surface area contributed by atoms with Crippen molar-refractivity contribution in [1.29, 1.82) is 0 Å². The van der Waals surface area contributed by atoms with Crippen molar-refractivity contribution in [3.63, 3.8) is 0 Å². The Balaban J connectivity index is 2.45. The minimum absolute atomic E-state index is 0.165. The van der Waals surface area contributed by atoms with Crippen molar-refractivity contribution in [2.75, 3.05) is 6.73 Å². The normalized spacial score (nSPS) is 21.8. The van der Waals surface area contributed by atoms with Gasteiger partial charge in [-0.05, 0) is 18.8 Å². The van der Waals surface area contributed by atoms with Gasteiger partial charge in [0, 0.05) is 5.57 Å². The lowest BCUT2D eigenvalue weighted by Crippen LogP contribution is -2.25. The SMILES string of the molecule is C=CC1CC=C(C(=O)NCO)C1. The monoisotopic (exact) mass is 167 g/mol. The molecule has 1 unspecified atom stereocenters. The molecule has 0 heterocycles. The van der Waals surface area contributed by atoms with Gasteiger partial charge in [-0.25, -0.2) is 0 Å². The first kappa shape index (κ1) is 9.00. The summed E-state index contributed by atoms with van der Waals surface area (Å²) in [6.45, 7) is 3.37. The maximum Gasteiger partial charge on any atom is 0.248 e. The number of carbonyl (C=O) groups excluding carboxylic acids is 1. The van der Waals surface area contributed by atoms with E-state index in [0.29, 0.717) is 5.92 Å². The molecule has 0 aliphatic heterocycles. The van der Waals surface area contributed by atoms with Crippen LogP contribution in [0.25, 0.3) is 0 Å². The molecule has 1 aliphatic rings. The molecule has 1 atom stereocenters. The van der Waals surface area contributed by atoms with Crippen LogP contribution in [-0.2, 0) is 4.79 Å². The molecule has 0 fully saturated rings. The summed E-state index contributed by atoms with van der Waals surface area (Å²) in [5.74, 6) is 0.228. The molecule has 1 amide bonds. The molecule has 0 aromatic carbocycles. The first-order valence-corrected chi connectivity index (χ1v) is 3.98. The van der Waals surface area contributed by atoms with Gasteiger partial charge in [0.1, 0.15) is 6.73 Å². The van der Waals surface area contributed by atoms with Crippen molar-refractivity contribution in [3.8, 4) is 0 Å². The summed E-state index contributed by atoms with van der Waals surface area (Å²) in [6.07, 6.45) is 5.39. The third kappa shape index (κ3) is 1.95. The molecule has 3 nitrogen and oxygen atoms in total. The maximum absolute atomic E-state index is 11.1. The van der Waals surface area contributed by atoms with Crippen LogP contribution in [0.1, 0.15) is 12.8 Å². The van der Waals surface area contributed by atoms with Gasteiger partial charge < -0.3 is 10.4 Å². The Morgan fingerprint density at radius 2 is 2.67 bits per heavy atom. The lowest BCUT2D eigenvalue weighted by molar-refractivity contribution is -0.118. The molecule has 0 spiro atoms. The largest absolute Gasteiger partial charge is 0.376 e. The summed E-state index contributed by atoms with van der Waals surface area (Å²) in [5.41, 5.74) is 0.758. The number of nitrogens with one attached hydrogen (secondary N) is 1. The van der Waals surface area contributed by atoms with E-state index in [1.807, 2.05) is 12.2 Å². The fraction of sp³-hybridized carbons (Fsp3) is 0.444. The smallest absolute Gasteiger partial charge is 0.248 e. The molecule has 0 saturated carbocycles. The van der Waals surface area contributed by atoms with Crippen molar-refractivity contribution >= 4 is 5.91 Å². The molecule has 0 aromatic rings. The highest BCUT2D eigenvalue weighted by molar-refractivity contribution is 5.93. The predicted octanol–water partition coefficient (Wildman–Crippen LogP) is 0.575. The average Bonchev–Trinajstić information content (AvgIpc) is 2.52. The molecular formula is C9H13NO2. The number of aliphatic hydroxyl groups excluding tert-OH is 1. The fourth-order valence-corrected chi connectivity index (χ4v) is 1.29. The Labute approximate surface area is 71.8 Å². The number of carbonyl (C=O) groups is 1. The van der Waals surface area contributed by atoms with E-state index in [1.54, 1.807) is 0 Å². The third-order valence-corrected chi connectivity index (χ3v) is 2.01. The van der Waals surface area contributed by atoms with Crippen LogP contribution < -0.4 is 5.32 Å². The van der Waals surface area contributed by atoms with Crippen LogP contribution in [0.4, 0.5) is 0 Å². The molecular weight excluding hydrogens is 154 g/mol. The number of amides is 1. The molecule has 0 saturated heterocycles. The quantitative estimate of drug-likeness (QED) is 0.477. The lowest BCUT2D eigenvalue weighted by Gasteiger charge is -2.03. The molecule has 0 bridgehead atoms. The van der Waals surface area contributed by atoms with E-state index < -0.39 is 0 Å². The summed E-state index contributed by atoms with van der Waals surface area (Å²) in [5, 5.41) is 10.8. The van der Waals surface area contributed by atoms with E-state index in [-0.39, 0.29) is 12.6 Å². The first-order chi connectivity index (χ1) is 5.77. The van der Waals surface area contributed by atoms with E-state index in [4.69, 9.17) is 5.11 Å². The van der Waals surface area contributed by atoms with E-state index in [9.17, 15) is 4.79 Å². The Kier molecular flexibility index (Phi) is 3.05. The molecule has 1 rings (SSSR count). The Morgan fingerprint density at radius 3 is 3.17 bits per heavy atom. The standard InChI is InChI=1S/C9H13NO2/c1-2-7-3-4-8(5-7)9(12)10-6-11/h2,4,7,11H,1,3,5-6H2,(H,10,12). The van der Waals surface area contributed by atoms with Crippen LogP contribution in [0.15, 0.2) is 24.3 Å². The van der Waals surface area contributed by atoms with Crippen LogP contribution in [0, 0.1) is 5.92 Å². The van der Waals surface area contributed by atoms with Crippen molar-refractivity contribution in [3.05, 3.63) is 24.3 Å². The number of rotatable bonds is 3. The average molecular weight is 167 g/mol. The zero-order valence-corrected chi connectivity index (χ0v) is 6.92. The number of hydrogen-bond acceptors (Lipinski definition) is 2. The van der Waals surface area contributed by atoms with Gasteiger partial charge in [0.2, 0.25) is 5.91 Å². The molecule has 0 aromatic heterocycles. The summed E-state index contributed by atoms with van der Waals surface area (Å²) >= 11 is 0. The van der Waals surface area contributed by atoms with Crippen molar-refractivity contribution < 1.29 is 9.90 Å². The molecule has 2 N–H and O–H groups in total. The summed E-state index contributed by atoms with van der Waals surface area (Å²) in [6, 6.07) is 0. The number of hydrogen-bond donors (Lipinski definition) is 2. The zero-order valence-electron chi connectivity index (χ0n) is 6.92. The van der Waals surface area contributed by atoms with Crippen LogP contribution >= 0.6 is 0 Å². The highest BCUT2D eigenvalue weighted by Crippen LogP contribution is 2.25. The molecule has 66 valence electrons. The van der Waals surface area contributed by atoms with Gasteiger partial charge in [-0.15, -0.1) is 6.58 Å². The van der Waals surface area contributed by atoms with Gasteiger partial charge in [0.25, 0.3) is 0 Å². The third-order valence-electron chi connectivity index (χ3n) is 2.01. The highest BCUT2D eigenvalue weighted by atomic mass is 16.3. The second-order valence-electron chi connectivity index (χ2n) is 2.83. The van der Waals surface area contributed by atoms with E-state index in [2.05, 4.69) is 11.9 Å². The first-order valence-electron chi connectivity index (χ1n) is 3.98. The second-order valence-corrected chi connectivity index (χ2v) is 2.83. The van der Waals surface area contributed by atoms with Gasteiger partial charge in [-0.2, -0.15) is 0 Å². The van der Waals surface area contributed by atoms with Gasteiger partial charge >= 0.3 is 0 Å². The number of allylic oxidation sites excluding steroid dienone is 2. The van der Waals surface area contributed by atoms with Crippen LogP contribution in [0.2, 0.25) is 0 Å². The molecule has 1 aliphatic carbocycles. The van der Waals surface area contributed by atoms with E-state index in [0.717, 1.165) is 18.4 Å². The van der Waals surface area contributed by atoms with Gasteiger partial charge in [0.15, 0.2) is 0 Å². The van der Waals surface area contributed by atoms with Gasteiger partial charge in [0.05, 0.1) is 0 Å². The summed E-state index contributed by atoms with van der Waals surface area (Å²) in [7, 11) is 0. The van der Waals surface area contributed by atoms with Gasteiger partial charge in [-0.1, -0.05) is 12.2 Å². The van der Waals surface area contributed by atoms with Crippen molar-refractivity contribution in [1.82, 2.24) is 5.32 Å². The zero-order chi connectivity index (χ0) is 8.97. The topological polar surface area (TPSA) is 49.3 Å².